The van der Waals surface area contributed by atoms with Crippen LogP contribution in [0.2, 0.25) is 0 Å². The van der Waals surface area contributed by atoms with Gasteiger partial charge in [0.1, 0.15) is 5.82 Å². The third-order valence-electron chi connectivity index (χ3n) is 3.51. The van der Waals surface area contributed by atoms with Gasteiger partial charge >= 0.3 is 0 Å². The minimum Gasteiger partial charge on any atom is -0.339 e. The SMILES string of the molecule is CNC1CSCC1c1nc(-c2cc(C)cc(F)c2)no1. The van der Waals surface area contributed by atoms with Crippen molar-refractivity contribution in [2.75, 3.05) is 18.6 Å². The van der Waals surface area contributed by atoms with Crippen molar-refractivity contribution in [2.24, 2.45) is 0 Å². The summed E-state index contributed by atoms with van der Waals surface area (Å²) in [5.41, 5.74) is 1.50. The van der Waals surface area contributed by atoms with Crippen molar-refractivity contribution in [3.8, 4) is 11.4 Å². The minimum absolute atomic E-state index is 0.223. The van der Waals surface area contributed by atoms with Gasteiger partial charge in [0.25, 0.3) is 0 Å². The fraction of sp³-hybridized carbons (Fsp3) is 0.429. The van der Waals surface area contributed by atoms with Crippen LogP contribution in [0.1, 0.15) is 17.4 Å². The van der Waals surface area contributed by atoms with E-state index in [2.05, 4.69) is 15.5 Å². The average molecular weight is 293 g/mol. The number of thioether (sulfide) groups is 1. The molecule has 2 aromatic rings. The van der Waals surface area contributed by atoms with Crippen LogP contribution in [0.3, 0.4) is 0 Å². The highest BCUT2D eigenvalue weighted by Crippen LogP contribution is 2.32. The lowest BCUT2D eigenvalue weighted by Crippen LogP contribution is -2.31. The lowest BCUT2D eigenvalue weighted by atomic mass is 10.0. The Hall–Kier alpha value is -1.40. The molecule has 1 N–H and O–H groups in total. The molecule has 3 rings (SSSR count). The van der Waals surface area contributed by atoms with E-state index in [1.807, 2.05) is 31.8 Å². The second-order valence-electron chi connectivity index (χ2n) is 5.01. The Morgan fingerprint density at radius 3 is 2.95 bits per heavy atom. The molecule has 1 aromatic heterocycles. The van der Waals surface area contributed by atoms with Crippen LogP contribution in [0.15, 0.2) is 22.7 Å². The Labute approximate surface area is 121 Å². The van der Waals surface area contributed by atoms with Gasteiger partial charge in [0, 0.05) is 23.1 Å². The number of aromatic nitrogens is 2. The van der Waals surface area contributed by atoms with Crippen molar-refractivity contribution in [3.05, 3.63) is 35.5 Å². The number of nitrogens with zero attached hydrogens (tertiary/aromatic N) is 2. The molecule has 4 nitrogen and oxygen atoms in total. The van der Waals surface area contributed by atoms with E-state index < -0.39 is 0 Å². The molecule has 2 atom stereocenters. The van der Waals surface area contributed by atoms with E-state index in [-0.39, 0.29) is 11.7 Å². The zero-order chi connectivity index (χ0) is 14.1. The number of rotatable bonds is 3. The quantitative estimate of drug-likeness (QED) is 0.942. The Kier molecular flexibility index (Phi) is 3.76. The van der Waals surface area contributed by atoms with Crippen molar-refractivity contribution < 1.29 is 8.91 Å². The molecule has 0 radical (unpaired) electrons. The number of halogens is 1. The summed E-state index contributed by atoms with van der Waals surface area (Å²) in [6.45, 7) is 1.85. The van der Waals surface area contributed by atoms with Crippen LogP contribution in [-0.4, -0.2) is 34.7 Å². The molecule has 0 saturated carbocycles. The van der Waals surface area contributed by atoms with Crippen molar-refractivity contribution in [1.82, 2.24) is 15.5 Å². The average Bonchev–Trinajstić information content (AvgIpc) is 3.06. The van der Waals surface area contributed by atoms with Crippen molar-refractivity contribution >= 4 is 11.8 Å². The number of aryl methyl sites for hydroxylation is 1. The van der Waals surface area contributed by atoms with Crippen molar-refractivity contribution in [1.29, 1.82) is 0 Å². The molecule has 1 aromatic carbocycles. The maximum atomic E-state index is 13.4. The van der Waals surface area contributed by atoms with Crippen LogP contribution >= 0.6 is 11.8 Å². The van der Waals surface area contributed by atoms with Gasteiger partial charge < -0.3 is 9.84 Å². The van der Waals surface area contributed by atoms with E-state index in [1.54, 1.807) is 0 Å². The summed E-state index contributed by atoms with van der Waals surface area (Å²) in [5, 5.41) is 7.26. The van der Waals surface area contributed by atoms with Gasteiger partial charge in [0.2, 0.25) is 11.7 Å². The van der Waals surface area contributed by atoms with Gasteiger partial charge in [-0.15, -0.1) is 0 Å². The number of likely N-dealkylation sites (N-methyl/N-ethyl adjacent to an activating group) is 1. The normalized spacial score (nSPS) is 22.4. The van der Waals surface area contributed by atoms with Gasteiger partial charge in [-0.2, -0.15) is 16.7 Å². The molecule has 106 valence electrons. The molecule has 1 saturated heterocycles. The van der Waals surface area contributed by atoms with E-state index in [0.29, 0.717) is 23.3 Å². The van der Waals surface area contributed by atoms with E-state index in [9.17, 15) is 4.39 Å². The Morgan fingerprint density at radius 2 is 2.20 bits per heavy atom. The summed E-state index contributed by atoms with van der Waals surface area (Å²) in [4.78, 5) is 4.45. The largest absolute Gasteiger partial charge is 0.339 e. The predicted molar refractivity (Wildman–Crippen MR) is 77.3 cm³/mol. The van der Waals surface area contributed by atoms with Gasteiger partial charge in [-0.1, -0.05) is 5.16 Å². The second kappa shape index (κ2) is 5.54. The minimum atomic E-state index is -0.282. The van der Waals surface area contributed by atoms with Crippen molar-refractivity contribution in [3.63, 3.8) is 0 Å². The van der Waals surface area contributed by atoms with Crippen LogP contribution in [0.4, 0.5) is 4.39 Å². The highest BCUT2D eigenvalue weighted by Gasteiger charge is 2.32. The highest BCUT2D eigenvalue weighted by atomic mass is 32.2. The maximum Gasteiger partial charge on any atom is 0.232 e. The molecule has 0 bridgehead atoms. The van der Waals surface area contributed by atoms with Crippen LogP contribution < -0.4 is 5.32 Å². The molecule has 0 aliphatic carbocycles. The lowest BCUT2D eigenvalue weighted by Gasteiger charge is -2.13. The van der Waals surface area contributed by atoms with E-state index in [1.165, 1.54) is 12.1 Å². The standard InChI is InChI=1S/C14H16FN3OS/c1-8-3-9(5-10(15)4-8)13-17-14(19-18-13)11-6-20-7-12(11)16-2/h3-5,11-12,16H,6-7H2,1-2H3. The highest BCUT2D eigenvalue weighted by molar-refractivity contribution is 7.99. The summed E-state index contributed by atoms with van der Waals surface area (Å²) in [7, 11) is 1.94. The first-order chi connectivity index (χ1) is 9.67. The zero-order valence-corrected chi connectivity index (χ0v) is 12.2. The lowest BCUT2D eigenvalue weighted by molar-refractivity contribution is 0.344. The molecule has 1 aliphatic rings. The first-order valence-corrected chi connectivity index (χ1v) is 7.69. The van der Waals surface area contributed by atoms with Gasteiger partial charge in [-0.05, 0) is 37.7 Å². The van der Waals surface area contributed by atoms with Crippen LogP contribution in [0.5, 0.6) is 0 Å². The summed E-state index contributed by atoms with van der Waals surface area (Å²) in [5.74, 6) is 3.03. The first-order valence-electron chi connectivity index (χ1n) is 6.53. The van der Waals surface area contributed by atoms with Gasteiger partial charge in [0.15, 0.2) is 0 Å². The third-order valence-corrected chi connectivity index (χ3v) is 4.70. The number of hydrogen-bond donors (Lipinski definition) is 1. The summed E-state index contributed by atoms with van der Waals surface area (Å²) in [6.07, 6.45) is 0. The monoisotopic (exact) mass is 293 g/mol. The van der Waals surface area contributed by atoms with Gasteiger partial charge in [0.05, 0.1) is 5.92 Å². The molecule has 1 aliphatic heterocycles. The third kappa shape index (κ3) is 2.58. The summed E-state index contributed by atoms with van der Waals surface area (Å²) >= 11 is 1.87. The van der Waals surface area contributed by atoms with Crippen LogP contribution in [0, 0.1) is 12.7 Å². The number of nitrogens with one attached hydrogen (secondary N) is 1. The molecule has 2 heterocycles. The smallest absolute Gasteiger partial charge is 0.232 e. The Bertz CT molecular complexity index is 596. The molecule has 1 fully saturated rings. The van der Waals surface area contributed by atoms with E-state index >= 15 is 0 Å². The molecular weight excluding hydrogens is 277 g/mol. The maximum absolute atomic E-state index is 13.4. The van der Waals surface area contributed by atoms with Crippen LogP contribution in [-0.2, 0) is 0 Å². The first kappa shape index (κ1) is 13.6. The molecular formula is C14H16FN3OS. The Balaban J connectivity index is 1.90. The van der Waals surface area contributed by atoms with Gasteiger partial charge in [-0.25, -0.2) is 4.39 Å². The second-order valence-corrected chi connectivity index (χ2v) is 6.09. The van der Waals surface area contributed by atoms with E-state index in [0.717, 1.165) is 17.1 Å². The molecule has 2 unspecified atom stereocenters. The fourth-order valence-corrected chi connectivity index (χ4v) is 3.87. The Morgan fingerprint density at radius 1 is 1.35 bits per heavy atom. The fourth-order valence-electron chi connectivity index (χ4n) is 2.45. The topological polar surface area (TPSA) is 51.0 Å². The summed E-state index contributed by atoms with van der Waals surface area (Å²) in [6, 6.07) is 5.12. The molecule has 6 heteroatoms. The molecule has 0 amide bonds. The number of hydrogen-bond acceptors (Lipinski definition) is 5. The van der Waals surface area contributed by atoms with Gasteiger partial charge in [-0.3, -0.25) is 0 Å². The van der Waals surface area contributed by atoms with E-state index in [4.69, 9.17) is 4.52 Å². The zero-order valence-electron chi connectivity index (χ0n) is 11.4. The molecule has 20 heavy (non-hydrogen) atoms. The summed E-state index contributed by atoms with van der Waals surface area (Å²) < 4.78 is 18.8. The van der Waals surface area contributed by atoms with Crippen molar-refractivity contribution in [2.45, 2.75) is 18.9 Å². The predicted octanol–water partition coefficient (Wildman–Crippen LogP) is 2.60. The molecule has 0 spiro atoms. The van der Waals surface area contributed by atoms with Crippen LogP contribution in [0.25, 0.3) is 11.4 Å². The number of benzene rings is 1.